The Bertz CT molecular complexity index is 847. The monoisotopic (exact) mass is 460 g/mol. The highest BCUT2D eigenvalue weighted by atomic mass is 16.3. The van der Waals surface area contributed by atoms with Gasteiger partial charge in [0, 0.05) is 23.7 Å². The molecule has 0 aliphatic heterocycles. The van der Waals surface area contributed by atoms with Crippen molar-refractivity contribution in [2.75, 3.05) is 0 Å². The van der Waals surface area contributed by atoms with Gasteiger partial charge in [-0.2, -0.15) is 0 Å². The van der Waals surface area contributed by atoms with E-state index in [1.54, 1.807) is 6.08 Å². The third-order valence-electron chi connectivity index (χ3n) is 11.0. The number of aliphatic hydroxyl groups excluding tert-OH is 2. The number of aliphatic hydroxyl groups is 3. The Morgan fingerprint density at radius 3 is 2.36 bits per heavy atom. The van der Waals surface area contributed by atoms with Crippen LogP contribution in [0.4, 0.5) is 0 Å². The summed E-state index contributed by atoms with van der Waals surface area (Å²) in [5, 5.41) is 32.9. The Balaban J connectivity index is 1.65. The third-order valence-corrected chi connectivity index (χ3v) is 11.0. The molecule has 0 unspecified atom stereocenters. The van der Waals surface area contributed by atoms with Crippen LogP contribution < -0.4 is 0 Å². The van der Waals surface area contributed by atoms with Crippen molar-refractivity contribution in [3.8, 4) is 0 Å². The lowest BCUT2D eigenvalue weighted by Crippen LogP contribution is -2.61. The maximum Gasteiger partial charge on any atom is 0.159 e. The van der Waals surface area contributed by atoms with E-state index < -0.39 is 28.6 Å². The summed E-state index contributed by atoms with van der Waals surface area (Å²) in [6, 6.07) is 0. The Hall–Kier alpha value is -1.04. The van der Waals surface area contributed by atoms with E-state index in [9.17, 15) is 24.9 Å². The van der Waals surface area contributed by atoms with E-state index in [4.69, 9.17) is 0 Å². The molecule has 3 saturated carbocycles. The average Bonchev–Trinajstić information content (AvgIpc) is 3.01. The zero-order valence-electron chi connectivity index (χ0n) is 21.3. The van der Waals surface area contributed by atoms with E-state index in [2.05, 4.69) is 34.6 Å². The summed E-state index contributed by atoms with van der Waals surface area (Å²) in [6.45, 7) is 12.7. The van der Waals surface area contributed by atoms with Crippen LogP contribution in [0.5, 0.6) is 0 Å². The van der Waals surface area contributed by atoms with E-state index in [1.165, 1.54) is 0 Å². The van der Waals surface area contributed by atoms with Gasteiger partial charge in [-0.05, 0) is 79.3 Å². The molecule has 0 spiro atoms. The van der Waals surface area contributed by atoms with Gasteiger partial charge in [0.25, 0.3) is 0 Å². The van der Waals surface area contributed by atoms with Crippen LogP contribution in [0.15, 0.2) is 11.6 Å². The van der Waals surface area contributed by atoms with Crippen LogP contribution in [0, 0.1) is 46.3 Å². The van der Waals surface area contributed by atoms with Crippen molar-refractivity contribution < 1.29 is 24.9 Å². The number of carbonyl (C=O) groups is 2. The lowest BCUT2D eigenvalue weighted by atomic mass is 9.46. The second kappa shape index (κ2) is 8.27. The second-order valence-corrected chi connectivity index (χ2v) is 12.8. The Kier molecular flexibility index (Phi) is 6.28. The SMILES string of the molecule is CC(C)[C@H](C)CC(=O)[C@@H](C)[C@H]1CC[C@@]2(O)C3=CC(=O)[C@@H]4C[C@@H](O)[C@@H](O)C[C@]4(C)[C@H]3CC[C@]12C. The fraction of sp³-hybridized carbons (Fsp3) is 0.857. The normalized spacial score (nSPS) is 46.8. The molecule has 5 nitrogen and oxygen atoms in total. The molecular weight excluding hydrogens is 416 g/mol. The minimum absolute atomic E-state index is 0.0196. The largest absolute Gasteiger partial charge is 0.390 e. The molecule has 186 valence electrons. The Labute approximate surface area is 199 Å². The van der Waals surface area contributed by atoms with Gasteiger partial charge in [-0.1, -0.05) is 41.5 Å². The first-order chi connectivity index (χ1) is 15.3. The maximum absolute atomic E-state index is 13.3. The molecule has 0 heterocycles. The zero-order chi connectivity index (χ0) is 24.5. The molecule has 0 radical (unpaired) electrons. The fourth-order valence-electron chi connectivity index (χ4n) is 8.18. The van der Waals surface area contributed by atoms with Crippen LogP contribution in [0.25, 0.3) is 0 Å². The number of rotatable bonds is 5. The predicted molar refractivity (Wildman–Crippen MR) is 127 cm³/mol. The van der Waals surface area contributed by atoms with Crippen molar-refractivity contribution in [1.82, 2.24) is 0 Å². The molecule has 3 N–H and O–H groups in total. The summed E-state index contributed by atoms with van der Waals surface area (Å²) in [5.74, 6) is 0.757. The van der Waals surface area contributed by atoms with E-state index >= 15 is 0 Å². The van der Waals surface area contributed by atoms with Crippen LogP contribution in [0.3, 0.4) is 0 Å². The molecule has 0 aromatic rings. The average molecular weight is 461 g/mol. The Morgan fingerprint density at radius 1 is 1.06 bits per heavy atom. The number of hydrogen-bond acceptors (Lipinski definition) is 5. The molecule has 0 aromatic heterocycles. The standard InChI is InChI=1S/C28H44O5/c1-15(2)16(3)11-22(29)17(4)18-8-10-28(33)20-12-23(30)21-13-24(31)25(32)14-26(21,5)19(20)7-9-27(18,28)6/h12,15-19,21,24-25,31-33H,7-11,13-14H2,1-6H3/t16-,17+,18-,19+,21+,24-,25+,26-,27-,28-/m1/s1. The van der Waals surface area contributed by atoms with Gasteiger partial charge >= 0.3 is 0 Å². The highest BCUT2D eigenvalue weighted by molar-refractivity contribution is 5.95. The molecule has 4 rings (SSSR count). The van der Waals surface area contributed by atoms with Crippen molar-refractivity contribution in [1.29, 1.82) is 0 Å². The quantitative estimate of drug-likeness (QED) is 0.575. The lowest BCUT2D eigenvalue weighted by Gasteiger charge is -2.60. The molecule has 33 heavy (non-hydrogen) atoms. The smallest absolute Gasteiger partial charge is 0.159 e. The third kappa shape index (κ3) is 3.60. The number of ketones is 2. The van der Waals surface area contributed by atoms with Crippen molar-refractivity contribution in [2.24, 2.45) is 46.3 Å². The van der Waals surface area contributed by atoms with E-state index in [0.29, 0.717) is 36.9 Å². The van der Waals surface area contributed by atoms with Gasteiger partial charge in [-0.3, -0.25) is 9.59 Å². The number of allylic oxidation sites excluding steroid dienone is 1. The van der Waals surface area contributed by atoms with Crippen molar-refractivity contribution in [2.45, 2.75) is 104 Å². The Morgan fingerprint density at radius 2 is 1.73 bits per heavy atom. The van der Waals surface area contributed by atoms with Crippen LogP contribution in [0.2, 0.25) is 0 Å². The number of hydrogen-bond donors (Lipinski definition) is 3. The van der Waals surface area contributed by atoms with Gasteiger partial charge in [-0.25, -0.2) is 0 Å². The fourth-order valence-corrected chi connectivity index (χ4v) is 8.18. The van der Waals surface area contributed by atoms with Crippen LogP contribution >= 0.6 is 0 Å². The van der Waals surface area contributed by atoms with E-state index in [1.807, 2.05) is 6.92 Å². The minimum atomic E-state index is -1.09. The van der Waals surface area contributed by atoms with Crippen LogP contribution in [0.1, 0.15) is 86.5 Å². The predicted octanol–water partition coefficient (Wildman–Crippen LogP) is 4.08. The molecular formula is C28H44O5. The highest BCUT2D eigenvalue weighted by Crippen LogP contribution is 2.68. The van der Waals surface area contributed by atoms with Crippen LogP contribution in [-0.2, 0) is 9.59 Å². The molecule has 4 aliphatic carbocycles. The van der Waals surface area contributed by atoms with Crippen molar-refractivity contribution in [3.63, 3.8) is 0 Å². The van der Waals surface area contributed by atoms with Crippen LogP contribution in [-0.4, -0.2) is 44.7 Å². The minimum Gasteiger partial charge on any atom is -0.390 e. The van der Waals surface area contributed by atoms with Gasteiger partial charge in [0.1, 0.15) is 5.78 Å². The zero-order valence-corrected chi connectivity index (χ0v) is 21.3. The molecule has 10 atom stereocenters. The summed E-state index contributed by atoms with van der Waals surface area (Å²) in [5.41, 5.74) is -1.16. The number of carbonyl (C=O) groups excluding carboxylic acids is 2. The van der Waals surface area contributed by atoms with E-state index in [-0.39, 0.29) is 35.9 Å². The van der Waals surface area contributed by atoms with Gasteiger partial charge in [0.05, 0.1) is 17.8 Å². The summed E-state index contributed by atoms with van der Waals surface area (Å²) in [7, 11) is 0. The first-order valence-corrected chi connectivity index (χ1v) is 13.1. The second-order valence-electron chi connectivity index (χ2n) is 12.8. The summed E-state index contributed by atoms with van der Waals surface area (Å²) in [4.78, 5) is 26.5. The molecule has 0 bridgehead atoms. The number of Topliss-reactive ketones (excluding diaryl/α,β-unsaturated/α-hetero) is 1. The molecule has 3 fully saturated rings. The first kappa shape index (κ1) is 25.1. The molecule has 0 amide bonds. The summed E-state index contributed by atoms with van der Waals surface area (Å²) >= 11 is 0. The maximum atomic E-state index is 13.3. The molecule has 0 saturated heterocycles. The number of fused-ring (bicyclic) bond motifs is 5. The summed E-state index contributed by atoms with van der Waals surface area (Å²) in [6.07, 6.45) is 4.24. The lowest BCUT2D eigenvalue weighted by molar-refractivity contribution is -0.154. The van der Waals surface area contributed by atoms with Gasteiger partial charge in [0.2, 0.25) is 0 Å². The van der Waals surface area contributed by atoms with E-state index in [0.717, 1.165) is 24.8 Å². The highest BCUT2D eigenvalue weighted by Gasteiger charge is 2.67. The van der Waals surface area contributed by atoms with Crippen molar-refractivity contribution >= 4 is 11.6 Å². The van der Waals surface area contributed by atoms with Crippen molar-refractivity contribution in [3.05, 3.63) is 11.6 Å². The van der Waals surface area contributed by atoms with Gasteiger partial charge in [-0.15, -0.1) is 0 Å². The topological polar surface area (TPSA) is 94.8 Å². The van der Waals surface area contributed by atoms with Gasteiger partial charge < -0.3 is 15.3 Å². The molecule has 0 aromatic carbocycles. The first-order valence-electron chi connectivity index (χ1n) is 13.1. The van der Waals surface area contributed by atoms with Gasteiger partial charge in [0.15, 0.2) is 5.78 Å². The summed E-state index contributed by atoms with van der Waals surface area (Å²) < 4.78 is 0. The molecule has 5 heteroatoms. The molecule has 4 aliphatic rings.